The van der Waals surface area contributed by atoms with E-state index in [0.29, 0.717) is 5.69 Å². The number of carbonyl (C=O) groups is 1. The Kier molecular flexibility index (Phi) is 3.66. The van der Waals surface area contributed by atoms with E-state index in [2.05, 4.69) is 22.6 Å². The van der Waals surface area contributed by atoms with Crippen LogP contribution in [-0.4, -0.2) is 33.9 Å². The smallest absolute Gasteiger partial charge is 0.186 e. The van der Waals surface area contributed by atoms with Crippen LogP contribution in [0.2, 0.25) is 0 Å². The lowest BCUT2D eigenvalue weighted by Crippen LogP contribution is -2.35. The van der Waals surface area contributed by atoms with E-state index < -0.39 is 0 Å². The molecule has 16 heavy (non-hydrogen) atoms. The first-order valence-electron chi connectivity index (χ1n) is 5.96. The standard InChI is InChI=1S/C11H18N4O/c1-2-6-15-10(8-13-14-15)11(16)9-4-3-5-12-7-9/h8-9,12H,2-7H2,1H3. The molecule has 1 atom stereocenters. The minimum absolute atomic E-state index is 0.0999. The second-order valence-corrected chi connectivity index (χ2v) is 4.25. The molecule has 0 aliphatic carbocycles. The summed E-state index contributed by atoms with van der Waals surface area (Å²) in [5.74, 6) is 0.286. The van der Waals surface area contributed by atoms with Crippen LogP contribution in [0.4, 0.5) is 0 Å². The van der Waals surface area contributed by atoms with Crippen LogP contribution in [0.1, 0.15) is 36.7 Å². The maximum absolute atomic E-state index is 12.2. The minimum atomic E-state index is 0.0999. The number of nitrogens with zero attached hydrogens (tertiary/aromatic N) is 3. The molecule has 1 aromatic heterocycles. The van der Waals surface area contributed by atoms with Gasteiger partial charge in [0.15, 0.2) is 5.78 Å². The number of rotatable bonds is 4. The highest BCUT2D eigenvalue weighted by Gasteiger charge is 2.24. The number of piperidine rings is 1. The Labute approximate surface area is 95.2 Å². The average molecular weight is 222 g/mol. The molecule has 1 fully saturated rings. The van der Waals surface area contributed by atoms with Gasteiger partial charge < -0.3 is 5.32 Å². The first kappa shape index (κ1) is 11.3. The fraction of sp³-hybridized carbons (Fsp3) is 0.727. The van der Waals surface area contributed by atoms with Gasteiger partial charge >= 0.3 is 0 Å². The zero-order valence-corrected chi connectivity index (χ0v) is 9.65. The number of Topliss-reactive ketones (excluding diaryl/α,β-unsaturated/α-hetero) is 1. The van der Waals surface area contributed by atoms with Crippen molar-refractivity contribution in [2.45, 2.75) is 32.7 Å². The largest absolute Gasteiger partial charge is 0.316 e. The van der Waals surface area contributed by atoms with Gasteiger partial charge in [0.25, 0.3) is 0 Å². The number of carbonyl (C=O) groups excluding carboxylic acids is 1. The van der Waals surface area contributed by atoms with Crippen molar-refractivity contribution in [2.75, 3.05) is 13.1 Å². The third kappa shape index (κ3) is 2.29. The molecule has 0 radical (unpaired) electrons. The Morgan fingerprint density at radius 3 is 3.25 bits per heavy atom. The molecule has 1 saturated heterocycles. The predicted octanol–water partition coefficient (Wildman–Crippen LogP) is 0.870. The van der Waals surface area contributed by atoms with E-state index in [9.17, 15) is 4.79 Å². The number of hydrogen-bond donors (Lipinski definition) is 1. The fourth-order valence-corrected chi connectivity index (χ4v) is 2.11. The van der Waals surface area contributed by atoms with Crippen LogP contribution >= 0.6 is 0 Å². The molecule has 2 heterocycles. The average Bonchev–Trinajstić information content (AvgIpc) is 2.78. The topological polar surface area (TPSA) is 59.8 Å². The van der Waals surface area contributed by atoms with Gasteiger partial charge in [-0.3, -0.25) is 4.79 Å². The van der Waals surface area contributed by atoms with Crippen LogP contribution in [0.3, 0.4) is 0 Å². The highest BCUT2D eigenvalue weighted by Crippen LogP contribution is 2.16. The number of hydrogen-bond acceptors (Lipinski definition) is 4. The summed E-state index contributed by atoms with van der Waals surface area (Å²) in [5, 5.41) is 11.0. The lowest BCUT2D eigenvalue weighted by Gasteiger charge is -2.21. The molecule has 0 saturated carbocycles. The van der Waals surface area contributed by atoms with Gasteiger partial charge in [-0.25, -0.2) is 4.68 Å². The second kappa shape index (κ2) is 5.21. The van der Waals surface area contributed by atoms with Crippen molar-refractivity contribution in [2.24, 2.45) is 5.92 Å². The molecule has 1 aromatic rings. The van der Waals surface area contributed by atoms with Crippen molar-refractivity contribution in [3.8, 4) is 0 Å². The molecule has 0 spiro atoms. The molecule has 5 nitrogen and oxygen atoms in total. The van der Waals surface area contributed by atoms with Gasteiger partial charge in [-0.1, -0.05) is 12.1 Å². The van der Waals surface area contributed by atoms with Gasteiger partial charge in [0.05, 0.1) is 6.20 Å². The SMILES string of the molecule is CCCn1nncc1C(=O)C1CCCNC1. The molecule has 5 heteroatoms. The zero-order valence-electron chi connectivity index (χ0n) is 9.65. The van der Waals surface area contributed by atoms with Gasteiger partial charge in [-0.05, 0) is 25.8 Å². The van der Waals surface area contributed by atoms with E-state index in [0.717, 1.165) is 38.9 Å². The van der Waals surface area contributed by atoms with Gasteiger partial charge in [0.1, 0.15) is 5.69 Å². The van der Waals surface area contributed by atoms with Gasteiger partial charge in [-0.2, -0.15) is 0 Å². The quantitative estimate of drug-likeness (QED) is 0.768. The molecule has 1 aliphatic heterocycles. The van der Waals surface area contributed by atoms with Crippen LogP contribution < -0.4 is 5.32 Å². The Morgan fingerprint density at radius 1 is 1.69 bits per heavy atom. The second-order valence-electron chi connectivity index (χ2n) is 4.25. The summed E-state index contributed by atoms with van der Waals surface area (Å²) in [4.78, 5) is 12.2. The van der Waals surface area contributed by atoms with Crippen molar-refractivity contribution < 1.29 is 4.79 Å². The molecule has 0 aromatic carbocycles. The van der Waals surface area contributed by atoms with E-state index in [4.69, 9.17) is 0 Å². The number of aromatic nitrogens is 3. The van der Waals surface area contributed by atoms with Crippen molar-refractivity contribution in [1.29, 1.82) is 0 Å². The molecule has 2 rings (SSSR count). The molecule has 0 amide bonds. The lowest BCUT2D eigenvalue weighted by molar-refractivity contribution is 0.0888. The first-order valence-corrected chi connectivity index (χ1v) is 5.96. The minimum Gasteiger partial charge on any atom is -0.316 e. The number of ketones is 1. The van der Waals surface area contributed by atoms with Crippen molar-refractivity contribution in [3.63, 3.8) is 0 Å². The summed E-state index contributed by atoms with van der Waals surface area (Å²) in [7, 11) is 0. The van der Waals surface area contributed by atoms with Gasteiger partial charge in [-0.15, -0.1) is 5.10 Å². The van der Waals surface area contributed by atoms with Crippen molar-refractivity contribution in [1.82, 2.24) is 20.3 Å². The van der Waals surface area contributed by atoms with E-state index in [-0.39, 0.29) is 11.7 Å². The lowest BCUT2D eigenvalue weighted by atomic mass is 9.93. The molecule has 1 aliphatic rings. The monoisotopic (exact) mass is 222 g/mol. The molecular weight excluding hydrogens is 204 g/mol. The normalized spacial score (nSPS) is 20.9. The predicted molar refractivity (Wildman–Crippen MR) is 60.2 cm³/mol. The number of aryl methyl sites for hydroxylation is 1. The Bertz CT molecular complexity index is 355. The van der Waals surface area contributed by atoms with E-state index in [1.807, 2.05) is 0 Å². The van der Waals surface area contributed by atoms with Crippen molar-refractivity contribution >= 4 is 5.78 Å². The summed E-state index contributed by atoms with van der Waals surface area (Å²) in [6.07, 6.45) is 4.61. The Morgan fingerprint density at radius 2 is 2.56 bits per heavy atom. The maximum atomic E-state index is 12.2. The summed E-state index contributed by atoms with van der Waals surface area (Å²) < 4.78 is 1.72. The van der Waals surface area contributed by atoms with Crippen LogP contribution in [0, 0.1) is 5.92 Å². The Balaban J connectivity index is 2.09. The van der Waals surface area contributed by atoms with Crippen molar-refractivity contribution in [3.05, 3.63) is 11.9 Å². The van der Waals surface area contributed by atoms with Crippen LogP contribution in [0.15, 0.2) is 6.20 Å². The van der Waals surface area contributed by atoms with E-state index >= 15 is 0 Å². The van der Waals surface area contributed by atoms with E-state index in [1.165, 1.54) is 0 Å². The first-order chi connectivity index (χ1) is 7.83. The molecule has 88 valence electrons. The Hall–Kier alpha value is -1.23. The van der Waals surface area contributed by atoms with E-state index in [1.54, 1.807) is 10.9 Å². The summed E-state index contributed by atoms with van der Waals surface area (Å²) in [5.41, 5.74) is 0.663. The third-order valence-corrected chi connectivity index (χ3v) is 2.97. The van der Waals surface area contributed by atoms with Gasteiger partial charge in [0, 0.05) is 19.0 Å². The third-order valence-electron chi connectivity index (χ3n) is 2.97. The summed E-state index contributed by atoms with van der Waals surface area (Å²) >= 11 is 0. The van der Waals surface area contributed by atoms with Crippen LogP contribution in [0.25, 0.3) is 0 Å². The van der Waals surface area contributed by atoms with Gasteiger partial charge in [0.2, 0.25) is 0 Å². The molecule has 0 bridgehead atoms. The highest BCUT2D eigenvalue weighted by atomic mass is 16.1. The highest BCUT2D eigenvalue weighted by molar-refractivity contribution is 5.96. The fourth-order valence-electron chi connectivity index (χ4n) is 2.11. The summed E-state index contributed by atoms with van der Waals surface area (Å²) in [6.45, 7) is 4.64. The molecular formula is C11H18N4O. The number of nitrogens with one attached hydrogen (secondary N) is 1. The van der Waals surface area contributed by atoms with Crippen LogP contribution in [0.5, 0.6) is 0 Å². The molecule has 1 unspecified atom stereocenters. The maximum Gasteiger partial charge on any atom is 0.186 e. The van der Waals surface area contributed by atoms with Crippen LogP contribution in [-0.2, 0) is 6.54 Å². The summed E-state index contributed by atoms with van der Waals surface area (Å²) in [6, 6.07) is 0. The molecule has 1 N–H and O–H groups in total. The zero-order chi connectivity index (χ0) is 11.4.